The van der Waals surface area contributed by atoms with E-state index in [-0.39, 0.29) is 12.0 Å². The van der Waals surface area contributed by atoms with Gasteiger partial charge in [0.2, 0.25) is 0 Å². The minimum Gasteiger partial charge on any atom is -0.491 e. The summed E-state index contributed by atoms with van der Waals surface area (Å²) in [5, 5.41) is 4.29. The Balaban J connectivity index is 1.53. The van der Waals surface area contributed by atoms with E-state index >= 15 is 0 Å². The van der Waals surface area contributed by atoms with E-state index in [1.54, 1.807) is 6.07 Å². The first-order valence-electron chi connectivity index (χ1n) is 12.2. The summed E-state index contributed by atoms with van der Waals surface area (Å²) in [6.45, 7) is 6.17. The maximum Gasteiger partial charge on any atom is 0.257 e. The van der Waals surface area contributed by atoms with Crippen molar-refractivity contribution in [3.05, 3.63) is 76.2 Å². The SMILES string of the molecule is CC1CCc2c(sc(NC(=O)c3cc(-c4ccc(OC(C)C)cc4)nc4ccccc34)c2C(N)=O)C1. The van der Waals surface area contributed by atoms with Gasteiger partial charge in [-0.2, -0.15) is 0 Å². The maximum absolute atomic E-state index is 13.6. The maximum atomic E-state index is 13.6. The van der Waals surface area contributed by atoms with Crippen LogP contribution in [-0.2, 0) is 12.8 Å². The quantitative estimate of drug-likeness (QED) is 0.329. The van der Waals surface area contributed by atoms with Gasteiger partial charge in [-0.1, -0.05) is 25.1 Å². The van der Waals surface area contributed by atoms with E-state index in [1.165, 1.54) is 11.3 Å². The number of carbonyl (C=O) groups excluding carboxylic acids is 2. The zero-order valence-electron chi connectivity index (χ0n) is 20.6. The molecule has 2 aromatic carbocycles. The van der Waals surface area contributed by atoms with Crippen LogP contribution in [-0.4, -0.2) is 22.9 Å². The summed E-state index contributed by atoms with van der Waals surface area (Å²) in [6, 6.07) is 17.1. The molecule has 1 unspecified atom stereocenters. The Morgan fingerprint density at radius 2 is 1.89 bits per heavy atom. The van der Waals surface area contributed by atoms with Gasteiger partial charge in [-0.3, -0.25) is 9.59 Å². The Morgan fingerprint density at radius 3 is 2.61 bits per heavy atom. The van der Waals surface area contributed by atoms with E-state index in [0.29, 0.717) is 27.7 Å². The molecule has 3 N–H and O–H groups in total. The standard InChI is InChI=1S/C29H29N3O3S/c1-16(2)35-19-11-9-18(10-12-19)24-15-22(20-6-4-5-7-23(20)31-24)28(34)32-29-26(27(30)33)21-13-8-17(3)14-25(21)36-29/h4-7,9-12,15-17H,8,13-14H2,1-3H3,(H2,30,33)(H,32,34). The van der Waals surface area contributed by atoms with Crippen LogP contribution in [0, 0.1) is 5.92 Å². The highest BCUT2D eigenvalue weighted by Gasteiger charge is 2.28. The number of amides is 2. The second kappa shape index (κ2) is 9.74. The monoisotopic (exact) mass is 499 g/mol. The molecular formula is C29H29N3O3S. The van der Waals surface area contributed by atoms with E-state index in [0.717, 1.165) is 51.9 Å². The number of hydrogen-bond acceptors (Lipinski definition) is 5. The molecule has 2 aromatic heterocycles. The number of anilines is 1. The average Bonchev–Trinajstić information content (AvgIpc) is 3.20. The van der Waals surface area contributed by atoms with Gasteiger partial charge in [0.05, 0.1) is 28.4 Å². The van der Waals surface area contributed by atoms with E-state index in [1.807, 2.05) is 62.4 Å². The second-order valence-corrected chi connectivity index (χ2v) is 10.7. The molecule has 6 nitrogen and oxygen atoms in total. The molecule has 36 heavy (non-hydrogen) atoms. The summed E-state index contributed by atoms with van der Waals surface area (Å²) in [4.78, 5) is 31.9. The van der Waals surface area contributed by atoms with Crippen molar-refractivity contribution in [3.63, 3.8) is 0 Å². The highest BCUT2D eigenvalue weighted by atomic mass is 32.1. The van der Waals surface area contributed by atoms with Crippen LogP contribution in [0.5, 0.6) is 5.75 Å². The second-order valence-electron chi connectivity index (χ2n) is 9.64. The van der Waals surface area contributed by atoms with E-state index in [2.05, 4.69) is 12.2 Å². The van der Waals surface area contributed by atoms with Crippen LogP contribution in [0.4, 0.5) is 5.00 Å². The molecule has 2 heterocycles. The molecule has 2 amide bonds. The Hall–Kier alpha value is -3.71. The van der Waals surface area contributed by atoms with E-state index < -0.39 is 5.91 Å². The predicted molar refractivity (Wildman–Crippen MR) is 145 cm³/mol. The van der Waals surface area contributed by atoms with Crippen molar-refractivity contribution < 1.29 is 14.3 Å². The van der Waals surface area contributed by atoms with Gasteiger partial charge in [0, 0.05) is 15.8 Å². The number of para-hydroxylation sites is 1. The fraction of sp³-hybridized carbons (Fsp3) is 0.276. The third-order valence-electron chi connectivity index (χ3n) is 6.47. The van der Waals surface area contributed by atoms with Crippen molar-refractivity contribution in [3.8, 4) is 17.0 Å². The predicted octanol–water partition coefficient (Wildman–Crippen LogP) is 6.23. The zero-order chi connectivity index (χ0) is 25.4. The topological polar surface area (TPSA) is 94.3 Å². The number of pyridine rings is 1. The van der Waals surface area contributed by atoms with E-state index in [4.69, 9.17) is 15.5 Å². The van der Waals surface area contributed by atoms with Crippen LogP contribution in [0.2, 0.25) is 0 Å². The van der Waals surface area contributed by atoms with Gasteiger partial charge in [0.15, 0.2) is 0 Å². The molecule has 0 saturated carbocycles. The third-order valence-corrected chi connectivity index (χ3v) is 7.64. The molecule has 7 heteroatoms. The molecule has 5 rings (SSSR count). The number of hydrogen-bond donors (Lipinski definition) is 2. The van der Waals surface area contributed by atoms with Crippen LogP contribution < -0.4 is 15.8 Å². The van der Waals surface area contributed by atoms with Gasteiger partial charge in [0.25, 0.3) is 11.8 Å². The van der Waals surface area contributed by atoms with Crippen molar-refractivity contribution in [2.24, 2.45) is 11.7 Å². The zero-order valence-corrected chi connectivity index (χ0v) is 21.4. The molecular weight excluding hydrogens is 470 g/mol. The molecule has 184 valence electrons. The van der Waals surface area contributed by atoms with Crippen LogP contribution in [0.1, 0.15) is 58.3 Å². The number of nitrogens with two attached hydrogens (primary N) is 1. The summed E-state index contributed by atoms with van der Waals surface area (Å²) in [6.07, 6.45) is 2.80. The summed E-state index contributed by atoms with van der Waals surface area (Å²) in [5.41, 5.74) is 9.98. The lowest BCUT2D eigenvalue weighted by atomic mass is 9.88. The Bertz CT molecular complexity index is 1460. The lowest BCUT2D eigenvalue weighted by Crippen LogP contribution is -2.19. The number of carbonyl (C=O) groups is 2. The number of nitrogens with zero attached hydrogens (tertiary/aromatic N) is 1. The smallest absolute Gasteiger partial charge is 0.257 e. The normalized spacial score (nSPS) is 15.1. The Kier molecular flexibility index (Phi) is 6.49. The summed E-state index contributed by atoms with van der Waals surface area (Å²) in [7, 11) is 0. The summed E-state index contributed by atoms with van der Waals surface area (Å²) >= 11 is 1.47. The highest BCUT2D eigenvalue weighted by molar-refractivity contribution is 7.17. The Labute approximate surface area is 214 Å². The number of benzene rings is 2. The van der Waals surface area contributed by atoms with Gasteiger partial charge in [0.1, 0.15) is 10.8 Å². The van der Waals surface area contributed by atoms with E-state index in [9.17, 15) is 9.59 Å². The van der Waals surface area contributed by atoms with Crippen molar-refractivity contribution in [2.75, 3.05) is 5.32 Å². The molecule has 0 radical (unpaired) electrons. The summed E-state index contributed by atoms with van der Waals surface area (Å²) < 4.78 is 5.75. The van der Waals surface area contributed by atoms with Crippen LogP contribution in [0.3, 0.4) is 0 Å². The van der Waals surface area contributed by atoms with Gasteiger partial charge < -0.3 is 15.8 Å². The number of primary amides is 1. The minimum absolute atomic E-state index is 0.0846. The molecule has 0 spiro atoms. The molecule has 1 aliphatic carbocycles. The number of ether oxygens (including phenoxy) is 1. The summed E-state index contributed by atoms with van der Waals surface area (Å²) in [5.74, 6) is 0.539. The average molecular weight is 500 g/mol. The fourth-order valence-corrected chi connectivity index (χ4v) is 6.17. The number of fused-ring (bicyclic) bond motifs is 2. The number of thiophene rings is 1. The molecule has 0 fully saturated rings. The molecule has 1 atom stereocenters. The number of aromatic nitrogens is 1. The van der Waals surface area contributed by atoms with Crippen LogP contribution in [0.15, 0.2) is 54.6 Å². The molecule has 0 bridgehead atoms. The van der Waals surface area contributed by atoms with Crippen molar-refractivity contribution >= 4 is 39.1 Å². The van der Waals surface area contributed by atoms with Crippen molar-refractivity contribution in [1.82, 2.24) is 4.98 Å². The van der Waals surface area contributed by atoms with Crippen LogP contribution in [0.25, 0.3) is 22.2 Å². The molecule has 0 saturated heterocycles. The molecule has 1 aliphatic rings. The van der Waals surface area contributed by atoms with Gasteiger partial charge >= 0.3 is 0 Å². The lowest BCUT2D eigenvalue weighted by Gasteiger charge is -2.18. The first-order chi connectivity index (χ1) is 17.3. The fourth-order valence-electron chi connectivity index (χ4n) is 4.76. The first kappa shape index (κ1) is 24.0. The lowest BCUT2D eigenvalue weighted by molar-refractivity contribution is 0.1000. The van der Waals surface area contributed by atoms with Gasteiger partial charge in [-0.15, -0.1) is 11.3 Å². The number of rotatable bonds is 6. The van der Waals surface area contributed by atoms with Gasteiger partial charge in [-0.25, -0.2) is 4.98 Å². The van der Waals surface area contributed by atoms with Crippen molar-refractivity contribution in [2.45, 2.75) is 46.1 Å². The molecule has 0 aliphatic heterocycles. The largest absolute Gasteiger partial charge is 0.491 e. The van der Waals surface area contributed by atoms with Crippen LogP contribution >= 0.6 is 11.3 Å². The van der Waals surface area contributed by atoms with Gasteiger partial charge in [-0.05, 0) is 81.0 Å². The minimum atomic E-state index is -0.499. The number of nitrogens with one attached hydrogen (secondary N) is 1. The molecule has 4 aromatic rings. The van der Waals surface area contributed by atoms with Crippen molar-refractivity contribution in [1.29, 1.82) is 0 Å². The highest BCUT2D eigenvalue weighted by Crippen LogP contribution is 2.40. The Morgan fingerprint density at radius 1 is 1.14 bits per heavy atom. The third kappa shape index (κ3) is 4.71. The first-order valence-corrected chi connectivity index (χ1v) is 13.0.